The number of hydrogen-bond acceptors (Lipinski definition) is 2. The molecule has 22 heavy (non-hydrogen) atoms. The standard InChI is InChI=1S/C19H18INO/c1-22-14-8-5-12(6-9-14)19-16-4-2-3-15(16)17-11-13(20)7-10-18(17)21-19/h2-3,5-11,15-16,19,21H,4H2,1H3. The van der Waals surface area contributed by atoms with E-state index in [-0.39, 0.29) is 0 Å². The Morgan fingerprint density at radius 1 is 1.14 bits per heavy atom. The molecule has 3 unspecified atom stereocenters. The van der Waals surface area contributed by atoms with Crippen LogP contribution in [0.1, 0.15) is 29.5 Å². The number of nitrogens with one attached hydrogen (secondary N) is 1. The number of anilines is 1. The van der Waals surface area contributed by atoms with Crippen molar-refractivity contribution < 1.29 is 4.74 Å². The fourth-order valence-electron chi connectivity index (χ4n) is 3.71. The van der Waals surface area contributed by atoms with Gasteiger partial charge in [0.2, 0.25) is 0 Å². The summed E-state index contributed by atoms with van der Waals surface area (Å²) in [6.45, 7) is 0. The number of fused-ring (bicyclic) bond motifs is 3. The van der Waals surface area contributed by atoms with Crippen LogP contribution in [0.3, 0.4) is 0 Å². The van der Waals surface area contributed by atoms with Crippen molar-refractivity contribution in [1.82, 2.24) is 0 Å². The zero-order valence-electron chi connectivity index (χ0n) is 12.4. The number of allylic oxidation sites excluding steroid dienone is 2. The van der Waals surface area contributed by atoms with Crippen molar-refractivity contribution in [3.05, 3.63) is 69.3 Å². The Morgan fingerprint density at radius 2 is 1.95 bits per heavy atom. The number of ether oxygens (including phenoxy) is 1. The lowest BCUT2D eigenvalue weighted by Gasteiger charge is -2.37. The maximum atomic E-state index is 5.28. The van der Waals surface area contributed by atoms with Crippen LogP contribution >= 0.6 is 22.6 Å². The molecule has 1 heterocycles. The molecule has 0 fully saturated rings. The lowest BCUT2D eigenvalue weighted by atomic mass is 9.77. The first-order chi connectivity index (χ1) is 10.8. The molecule has 0 saturated carbocycles. The van der Waals surface area contributed by atoms with Crippen LogP contribution in [0.2, 0.25) is 0 Å². The van der Waals surface area contributed by atoms with Crippen LogP contribution in [0, 0.1) is 9.49 Å². The molecular weight excluding hydrogens is 385 g/mol. The summed E-state index contributed by atoms with van der Waals surface area (Å²) in [5.41, 5.74) is 4.05. The molecule has 2 aromatic rings. The molecule has 3 heteroatoms. The highest BCUT2D eigenvalue weighted by Crippen LogP contribution is 2.50. The third kappa shape index (κ3) is 2.32. The third-order valence-electron chi connectivity index (χ3n) is 4.80. The van der Waals surface area contributed by atoms with E-state index in [1.54, 1.807) is 7.11 Å². The Bertz CT molecular complexity index is 723. The fraction of sp³-hybridized carbons (Fsp3) is 0.263. The molecule has 0 bridgehead atoms. The van der Waals surface area contributed by atoms with Crippen molar-refractivity contribution in [3.8, 4) is 5.75 Å². The summed E-state index contributed by atoms with van der Waals surface area (Å²) in [7, 11) is 1.71. The maximum Gasteiger partial charge on any atom is 0.118 e. The van der Waals surface area contributed by atoms with Crippen molar-refractivity contribution in [2.45, 2.75) is 18.4 Å². The number of benzene rings is 2. The average molecular weight is 403 g/mol. The van der Waals surface area contributed by atoms with Crippen molar-refractivity contribution in [1.29, 1.82) is 0 Å². The van der Waals surface area contributed by atoms with Crippen LogP contribution in [0.25, 0.3) is 0 Å². The summed E-state index contributed by atoms with van der Waals surface area (Å²) >= 11 is 2.40. The van der Waals surface area contributed by atoms with Gasteiger partial charge in [-0.2, -0.15) is 0 Å². The molecule has 0 saturated heterocycles. The molecular formula is C19H18INO. The largest absolute Gasteiger partial charge is 0.497 e. The van der Waals surface area contributed by atoms with Crippen molar-refractivity contribution in [3.63, 3.8) is 0 Å². The normalized spacial score (nSPS) is 25.3. The van der Waals surface area contributed by atoms with Gasteiger partial charge in [-0.25, -0.2) is 0 Å². The van der Waals surface area contributed by atoms with Crippen molar-refractivity contribution in [2.75, 3.05) is 12.4 Å². The molecule has 1 aliphatic heterocycles. The topological polar surface area (TPSA) is 21.3 Å². The average Bonchev–Trinajstić information content (AvgIpc) is 3.04. The van der Waals surface area contributed by atoms with E-state index in [1.165, 1.54) is 20.4 Å². The highest BCUT2D eigenvalue weighted by Gasteiger charge is 2.37. The summed E-state index contributed by atoms with van der Waals surface area (Å²) in [4.78, 5) is 0. The van der Waals surface area contributed by atoms with E-state index in [0.29, 0.717) is 17.9 Å². The second-order valence-electron chi connectivity index (χ2n) is 5.98. The molecule has 1 N–H and O–H groups in total. The molecule has 1 aliphatic carbocycles. The summed E-state index contributed by atoms with van der Waals surface area (Å²) in [6, 6.07) is 15.5. The van der Waals surface area contributed by atoms with Gasteiger partial charge in [0.1, 0.15) is 5.75 Å². The second kappa shape index (κ2) is 5.61. The van der Waals surface area contributed by atoms with Gasteiger partial charge in [0.15, 0.2) is 0 Å². The number of rotatable bonds is 2. The Morgan fingerprint density at radius 3 is 2.73 bits per heavy atom. The van der Waals surface area contributed by atoms with Crippen LogP contribution in [0.4, 0.5) is 5.69 Å². The first-order valence-corrected chi connectivity index (χ1v) is 8.71. The molecule has 112 valence electrons. The highest BCUT2D eigenvalue weighted by atomic mass is 127. The lowest BCUT2D eigenvalue weighted by Crippen LogP contribution is -2.29. The molecule has 2 aliphatic rings. The number of hydrogen-bond donors (Lipinski definition) is 1. The second-order valence-corrected chi connectivity index (χ2v) is 7.23. The lowest BCUT2D eigenvalue weighted by molar-refractivity contribution is 0.411. The van der Waals surface area contributed by atoms with Gasteiger partial charge >= 0.3 is 0 Å². The van der Waals surface area contributed by atoms with Gasteiger partial charge in [0, 0.05) is 15.2 Å². The number of methoxy groups -OCH3 is 1. The Kier molecular flexibility index (Phi) is 3.60. The molecule has 0 spiro atoms. The minimum absolute atomic E-state index is 0.360. The Hall–Kier alpha value is -1.49. The quantitative estimate of drug-likeness (QED) is 0.555. The monoisotopic (exact) mass is 403 g/mol. The van der Waals surface area contributed by atoms with Gasteiger partial charge in [-0.05, 0) is 76.4 Å². The number of halogens is 1. The van der Waals surface area contributed by atoms with Gasteiger partial charge < -0.3 is 10.1 Å². The SMILES string of the molecule is COc1ccc(C2Nc3ccc(I)cc3C3C=CCC32)cc1. The third-order valence-corrected chi connectivity index (χ3v) is 5.47. The maximum absolute atomic E-state index is 5.28. The van der Waals surface area contributed by atoms with Crippen LogP contribution in [-0.4, -0.2) is 7.11 Å². The van der Waals surface area contributed by atoms with E-state index in [4.69, 9.17) is 4.74 Å². The summed E-state index contributed by atoms with van der Waals surface area (Å²) in [5, 5.41) is 3.77. The van der Waals surface area contributed by atoms with Gasteiger partial charge in [0.25, 0.3) is 0 Å². The Labute approximate surface area is 144 Å². The summed E-state index contributed by atoms with van der Waals surface area (Å²) in [5.74, 6) is 2.03. The van der Waals surface area contributed by atoms with Gasteiger partial charge in [-0.15, -0.1) is 0 Å². The Balaban J connectivity index is 1.74. The molecule has 0 radical (unpaired) electrons. The molecule has 2 nitrogen and oxygen atoms in total. The van der Waals surface area contributed by atoms with E-state index in [9.17, 15) is 0 Å². The zero-order chi connectivity index (χ0) is 15.1. The van der Waals surface area contributed by atoms with Crippen molar-refractivity contribution >= 4 is 28.3 Å². The minimum Gasteiger partial charge on any atom is -0.497 e. The molecule has 0 aromatic heterocycles. The fourth-order valence-corrected chi connectivity index (χ4v) is 4.22. The minimum atomic E-state index is 0.360. The first kappa shape index (κ1) is 14.1. The van der Waals surface area contributed by atoms with Crippen LogP contribution in [0.15, 0.2) is 54.6 Å². The molecule has 3 atom stereocenters. The smallest absolute Gasteiger partial charge is 0.118 e. The van der Waals surface area contributed by atoms with Crippen LogP contribution < -0.4 is 10.1 Å². The van der Waals surface area contributed by atoms with Gasteiger partial charge in [-0.1, -0.05) is 24.3 Å². The molecule has 4 rings (SSSR count). The van der Waals surface area contributed by atoms with E-state index in [0.717, 1.165) is 12.2 Å². The molecule has 2 aromatic carbocycles. The van der Waals surface area contributed by atoms with Gasteiger partial charge in [0.05, 0.1) is 13.2 Å². The van der Waals surface area contributed by atoms with E-state index < -0.39 is 0 Å². The summed E-state index contributed by atoms with van der Waals surface area (Å²) < 4.78 is 6.58. The summed E-state index contributed by atoms with van der Waals surface area (Å²) in [6.07, 6.45) is 5.86. The van der Waals surface area contributed by atoms with Crippen LogP contribution in [-0.2, 0) is 0 Å². The van der Waals surface area contributed by atoms with Gasteiger partial charge in [-0.3, -0.25) is 0 Å². The predicted molar refractivity (Wildman–Crippen MR) is 98.5 cm³/mol. The van der Waals surface area contributed by atoms with E-state index >= 15 is 0 Å². The van der Waals surface area contributed by atoms with Crippen molar-refractivity contribution in [2.24, 2.45) is 5.92 Å². The van der Waals surface area contributed by atoms with E-state index in [2.05, 4.69) is 82.5 Å². The van der Waals surface area contributed by atoms with E-state index in [1.807, 2.05) is 0 Å². The first-order valence-electron chi connectivity index (χ1n) is 7.63. The van der Waals surface area contributed by atoms with Crippen LogP contribution in [0.5, 0.6) is 5.75 Å². The zero-order valence-corrected chi connectivity index (χ0v) is 14.6. The molecule has 0 amide bonds. The predicted octanol–water partition coefficient (Wildman–Crippen LogP) is 5.13. The highest BCUT2D eigenvalue weighted by molar-refractivity contribution is 14.1.